The van der Waals surface area contributed by atoms with E-state index in [0.29, 0.717) is 11.3 Å². The van der Waals surface area contributed by atoms with Crippen LogP contribution in [0.4, 0.5) is 5.69 Å². The van der Waals surface area contributed by atoms with Gasteiger partial charge in [-0.05, 0) is 31.2 Å². The Hall–Kier alpha value is -3.06. The Kier molecular flexibility index (Phi) is 3.17. The van der Waals surface area contributed by atoms with E-state index in [4.69, 9.17) is 11.0 Å². The topological polar surface area (TPSA) is 67.6 Å². The highest BCUT2D eigenvalue weighted by Gasteiger charge is 2.09. The zero-order chi connectivity index (χ0) is 14.8. The maximum atomic E-state index is 8.83. The number of aryl methyl sites for hydroxylation is 1. The molecule has 21 heavy (non-hydrogen) atoms. The maximum absolute atomic E-state index is 8.83. The van der Waals surface area contributed by atoms with Gasteiger partial charge in [-0.1, -0.05) is 29.8 Å². The molecule has 0 atom stereocenters. The minimum Gasteiger partial charge on any atom is -0.396 e. The molecule has 0 spiro atoms. The Morgan fingerprint density at radius 2 is 1.71 bits per heavy atom. The molecule has 1 aromatic heterocycles. The lowest BCUT2D eigenvalue weighted by Gasteiger charge is -2.01. The van der Waals surface area contributed by atoms with Gasteiger partial charge in [-0.25, -0.2) is 4.68 Å². The monoisotopic (exact) mass is 274 g/mol. The van der Waals surface area contributed by atoms with Crippen LogP contribution in [0.25, 0.3) is 16.9 Å². The fourth-order valence-electron chi connectivity index (χ4n) is 2.14. The van der Waals surface area contributed by atoms with Crippen molar-refractivity contribution < 1.29 is 0 Å². The van der Waals surface area contributed by atoms with Gasteiger partial charge in [-0.15, -0.1) is 0 Å². The Balaban J connectivity index is 2.01. The van der Waals surface area contributed by atoms with E-state index in [1.54, 1.807) is 23.0 Å². The van der Waals surface area contributed by atoms with Crippen molar-refractivity contribution in [1.82, 2.24) is 9.78 Å². The molecule has 0 radical (unpaired) electrons. The van der Waals surface area contributed by atoms with E-state index in [1.165, 1.54) is 5.56 Å². The first-order chi connectivity index (χ1) is 10.2. The number of nitrogens with zero attached hydrogens (tertiary/aromatic N) is 3. The number of nitriles is 1. The lowest BCUT2D eigenvalue weighted by molar-refractivity contribution is 0.884. The van der Waals surface area contributed by atoms with Crippen LogP contribution < -0.4 is 5.73 Å². The van der Waals surface area contributed by atoms with Crippen LogP contribution >= 0.6 is 0 Å². The molecule has 102 valence electrons. The summed E-state index contributed by atoms with van der Waals surface area (Å²) in [6, 6.07) is 17.4. The van der Waals surface area contributed by atoms with Crippen molar-refractivity contribution in [1.29, 1.82) is 5.26 Å². The summed E-state index contributed by atoms with van der Waals surface area (Å²) >= 11 is 0. The van der Waals surface area contributed by atoms with E-state index in [0.717, 1.165) is 16.9 Å². The normalized spacial score (nSPS) is 10.3. The summed E-state index contributed by atoms with van der Waals surface area (Å²) in [5, 5.41) is 13.4. The van der Waals surface area contributed by atoms with Crippen LogP contribution in [0.5, 0.6) is 0 Å². The van der Waals surface area contributed by atoms with E-state index in [1.807, 2.05) is 43.3 Å². The van der Waals surface area contributed by atoms with Crippen molar-refractivity contribution in [2.24, 2.45) is 0 Å². The Labute approximate surface area is 123 Å². The standard InChI is InChI=1S/C17H14N4/c1-12-2-8-15(9-3-12)21-11-16(19)17(20-21)14-6-4-13(10-18)5-7-14/h2-9,11H,19H2,1H3. The Morgan fingerprint density at radius 3 is 2.33 bits per heavy atom. The van der Waals surface area contributed by atoms with E-state index in [-0.39, 0.29) is 0 Å². The molecular formula is C17H14N4. The highest BCUT2D eigenvalue weighted by atomic mass is 15.3. The van der Waals surface area contributed by atoms with Crippen molar-refractivity contribution in [2.75, 3.05) is 5.73 Å². The molecule has 0 unspecified atom stereocenters. The van der Waals surface area contributed by atoms with E-state index >= 15 is 0 Å². The van der Waals surface area contributed by atoms with Crippen molar-refractivity contribution >= 4 is 5.69 Å². The van der Waals surface area contributed by atoms with Gasteiger partial charge in [0, 0.05) is 5.56 Å². The van der Waals surface area contributed by atoms with Crippen LogP contribution in [-0.2, 0) is 0 Å². The molecule has 3 aromatic rings. The zero-order valence-corrected chi connectivity index (χ0v) is 11.6. The third-order valence-electron chi connectivity index (χ3n) is 3.33. The highest BCUT2D eigenvalue weighted by Crippen LogP contribution is 2.25. The maximum Gasteiger partial charge on any atom is 0.116 e. The van der Waals surface area contributed by atoms with Crippen LogP contribution in [0, 0.1) is 18.3 Å². The number of anilines is 1. The van der Waals surface area contributed by atoms with E-state index in [2.05, 4.69) is 11.2 Å². The lowest BCUT2D eigenvalue weighted by Crippen LogP contribution is -1.94. The second-order valence-electron chi connectivity index (χ2n) is 4.90. The largest absolute Gasteiger partial charge is 0.396 e. The van der Waals surface area contributed by atoms with Gasteiger partial charge in [0.15, 0.2) is 0 Å². The fraction of sp³-hybridized carbons (Fsp3) is 0.0588. The van der Waals surface area contributed by atoms with Crippen LogP contribution in [-0.4, -0.2) is 9.78 Å². The van der Waals surface area contributed by atoms with Crippen LogP contribution in [0.1, 0.15) is 11.1 Å². The predicted molar refractivity (Wildman–Crippen MR) is 82.9 cm³/mol. The quantitative estimate of drug-likeness (QED) is 0.779. The zero-order valence-electron chi connectivity index (χ0n) is 11.6. The molecule has 1 heterocycles. The van der Waals surface area contributed by atoms with E-state index < -0.39 is 0 Å². The summed E-state index contributed by atoms with van der Waals surface area (Å²) in [5.74, 6) is 0. The Morgan fingerprint density at radius 1 is 1.05 bits per heavy atom. The number of hydrogen-bond donors (Lipinski definition) is 1. The number of benzene rings is 2. The summed E-state index contributed by atoms with van der Waals surface area (Å²) < 4.78 is 1.77. The molecule has 2 aromatic carbocycles. The first-order valence-corrected chi connectivity index (χ1v) is 6.60. The second kappa shape index (κ2) is 5.14. The fourth-order valence-corrected chi connectivity index (χ4v) is 2.14. The summed E-state index contributed by atoms with van der Waals surface area (Å²) in [6.07, 6.45) is 1.80. The lowest BCUT2D eigenvalue weighted by atomic mass is 10.1. The molecule has 0 aliphatic rings. The summed E-state index contributed by atoms with van der Waals surface area (Å²) in [5.41, 5.74) is 11.1. The van der Waals surface area contributed by atoms with Gasteiger partial charge in [0.2, 0.25) is 0 Å². The third-order valence-corrected chi connectivity index (χ3v) is 3.33. The molecule has 3 rings (SSSR count). The van der Waals surface area contributed by atoms with Crippen molar-refractivity contribution in [3.63, 3.8) is 0 Å². The number of nitrogen functional groups attached to an aromatic ring is 1. The molecule has 0 amide bonds. The molecule has 0 saturated carbocycles. The summed E-state index contributed by atoms with van der Waals surface area (Å²) in [7, 11) is 0. The van der Waals surface area contributed by atoms with Crippen molar-refractivity contribution in [3.05, 3.63) is 65.9 Å². The minimum absolute atomic E-state index is 0.611. The molecule has 4 nitrogen and oxygen atoms in total. The summed E-state index contributed by atoms with van der Waals surface area (Å²) in [6.45, 7) is 2.05. The molecule has 2 N–H and O–H groups in total. The van der Waals surface area contributed by atoms with Gasteiger partial charge < -0.3 is 5.73 Å². The molecule has 0 bridgehead atoms. The first kappa shape index (κ1) is 12.9. The predicted octanol–water partition coefficient (Wildman–Crippen LogP) is 3.30. The van der Waals surface area contributed by atoms with Gasteiger partial charge in [-0.2, -0.15) is 10.4 Å². The average Bonchev–Trinajstić information content (AvgIpc) is 2.90. The number of hydrogen-bond acceptors (Lipinski definition) is 3. The minimum atomic E-state index is 0.611. The van der Waals surface area contributed by atoms with E-state index in [9.17, 15) is 0 Å². The average molecular weight is 274 g/mol. The number of aromatic nitrogens is 2. The number of nitrogens with two attached hydrogens (primary N) is 1. The molecule has 4 heteroatoms. The third kappa shape index (κ3) is 2.49. The highest BCUT2D eigenvalue weighted by molar-refractivity contribution is 5.72. The smallest absolute Gasteiger partial charge is 0.116 e. The summed E-state index contributed by atoms with van der Waals surface area (Å²) in [4.78, 5) is 0. The SMILES string of the molecule is Cc1ccc(-n2cc(N)c(-c3ccc(C#N)cc3)n2)cc1. The van der Waals surface area contributed by atoms with Crippen molar-refractivity contribution in [3.8, 4) is 23.0 Å². The van der Waals surface area contributed by atoms with Gasteiger partial charge in [0.25, 0.3) is 0 Å². The molecule has 0 aliphatic heterocycles. The van der Waals surface area contributed by atoms with Gasteiger partial charge in [-0.3, -0.25) is 0 Å². The first-order valence-electron chi connectivity index (χ1n) is 6.60. The van der Waals surface area contributed by atoms with Crippen LogP contribution in [0.3, 0.4) is 0 Å². The van der Waals surface area contributed by atoms with Gasteiger partial charge >= 0.3 is 0 Å². The molecular weight excluding hydrogens is 260 g/mol. The Bertz CT molecular complexity index is 805. The van der Waals surface area contributed by atoms with Crippen LogP contribution in [0.2, 0.25) is 0 Å². The molecule has 0 aliphatic carbocycles. The van der Waals surface area contributed by atoms with Crippen molar-refractivity contribution in [2.45, 2.75) is 6.92 Å². The van der Waals surface area contributed by atoms with Gasteiger partial charge in [0.05, 0.1) is 29.2 Å². The van der Waals surface area contributed by atoms with Crippen LogP contribution in [0.15, 0.2) is 54.7 Å². The second-order valence-corrected chi connectivity index (χ2v) is 4.90. The van der Waals surface area contributed by atoms with Gasteiger partial charge in [0.1, 0.15) is 5.69 Å². The molecule has 0 saturated heterocycles. The number of rotatable bonds is 2. The molecule has 0 fully saturated rings.